The Morgan fingerprint density at radius 1 is 1.26 bits per heavy atom. The topological polar surface area (TPSA) is 55.1 Å². The van der Waals surface area contributed by atoms with Gasteiger partial charge in [0.15, 0.2) is 0 Å². The molecule has 0 spiro atoms. The predicted molar refractivity (Wildman–Crippen MR) is 77.5 cm³/mol. The molecule has 1 aromatic rings. The van der Waals surface area contributed by atoms with Crippen LogP contribution in [0.15, 0.2) is 30.3 Å². The number of rotatable bonds is 4. The zero-order valence-corrected chi connectivity index (χ0v) is 11.6. The van der Waals surface area contributed by atoms with Crippen LogP contribution < -0.4 is 11.1 Å². The summed E-state index contributed by atoms with van der Waals surface area (Å²) in [6, 6.07) is 9.79. The lowest BCUT2D eigenvalue weighted by Gasteiger charge is -2.25. The standard InChI is InChI=1S/C16H24N2O/c1-12-7-9-14(10-8-12)16(19)18-11-15(17)13-5-3-2-4-6-13/h2-6,12,14-15H,7-11,17H2,1H3,(H,18,19). The van der Waals surface area contributed by atoms with E-state index >= 15 is 0 Å². The van der Waals surface area contributed by atoms with E-state index in [4.69, 9.17) is 5.73 Å². The Balaban J connectivity index is 1.77. The first-order valence-corrected chi connectivity index (χ1v) is 7.25. The molecule has 0 saturated heterocycles. The average Bonchev–Trinajstić information content (AvgIpc) is 2.46. The molecule has 0 radical (unpaired) electrons. The molecule has 19 heavy (non-hydrogen) atoms. The first-order valence-electron chi connectivity index (χ1n) is 7.25. The summed E-state index contributed by atoms with van der Waals surface area (Å²) in [5.41, 5.74) is 7.15. The van der Waals surface area contributed by atoms with Gasteiger partial charge in [-0.05, 0) is 37.2 Å². The van der Waals surface area contributed by atoms with Crippen LogP contribution in [0.25, 0.3) is 0 Å². The fourth-order valence-corrected chi connectivity index (χ4v) is 2.70. The lowest BCUT2D eigenvalue weighted by Crippen LogP contribution is -2.37. The number of carbonyl (C=O) groups excluding carboxylic acids is 1. The van der Waals surface area contributed by atoms with E-state index in [-0.39, 0.29) is 17.9 Å². The monoisotopic (exact) mass is 260 g/mol. The summed E-state index contributed by atoms with van der Waals surface area (Å²) in [6.45, 7) is 2.79. The number of nitrogens with one attached hydrogen (secondary N) is 1. The van der Waals surface area contributed by atoms with E-state index in [0.29, 0.717) is 6.54 Å². The van der Waals surface area contributed by atoms with Crippen LogP contribution >= 0.6 is 0 Å². The number of hydrogen-bond donors (Lipinski definition) is 2. The Morgan fingerprint density at radius 2 is 1.89 bits per heavy atom. The summed E-state index contributed by atoms with van der Waals surface area (Å²) in [4.78, 5) is 12.1. The van der Waals surface area contributed by atoms with Crippen molar-refractivity contribution in [3.63, 3.8) is 0 Å². The third kappa shape index (κ3) is 4.06. The highest BCUT2D eigenvalue weighted by Crippen LogP contribution is 2.28. The highest BCUT2D eigenvalue weighted by atomic mass is 16.1. The lowest BCUT2D eigenvalue weighted by atomic mass is 9.82. The van der Waals surface area contributed by atoms with Gasteiger partial charge in [-0.2, -0.15) is 0 Å². The molecule has 3 heteroatoms. The van der Waals surface area contributed by atoms with Crippen LogP contribution in [0.4, 0.5) is 0 Å². The normalized spacial score (nSPS) is 24.7. The summed E-state index contributed by atoms with van der Waals surface area (Å²) < 4.78 is 0. The second kappa shape index (κ2) is 6.71. The van der Waals surface area contributed by atoms with E-state index in [2.05, 4.69) is 12.2 Å². The quantitative estimate of drug-likeness (QED) is 0.874. The van der Waals surface area contributed by atoms with Crippen molar-refractivity contribution in [3.05, 3.63) is 35.9 Å². The molecule has 0 heterocycles. The van der Waals surface area contributed by atoms with Gasteiger partial charge in [0.2, 0.25) is 5.91 Å². The SMILES string of the molecule is CC1CCC(C(=O)NCC(N)c2ccccc2)CC1. The second-order valence-electron chi connectivity index (χ2n) is 5.72. The van der Waals surface area contributed by atoms with Crippen LogP contribution in [0.3, 0.4) is 0 Å². The van der Waals surface area contributed by atoms with Gasteiger partial charge in [-0.15, -0.1) is 0 Å². The molecule has 0 bridgehead atoms. The van der Waals surface area contributed by atoms with E-state index in [1.54, 1.807) is 0 Å². The third-order valence-electron chi connectivity index (χ3n) is 4.11. The van der Waals surface area contributed by atoms with Crippen LogP contribution in [-0.2, 0) is 4.79 Å². The van der Waals surface area contributed by atoms with Crippen molar-refractivity contribution >= 4 is 5.91 Å². The first-order chi connectivity index (χ1) is 9.16. The van der Waals surface area contributed by atoms with Crippen LogP contribution in [-0.4, -0.2) is 12.5 Å². The molecular formula is C16H24N2O. The summed E-state index contributed by atoms with van der Waals surface area (Å²) in [5.74, 6) is 1.15. The molecule has 1 saturated carbocycles. The Kier molecular flexibility index (Phi) is 4.97. The smallest absolute Gasteiger partial charge is 0.223 e. The van der Waals surface area contributed by atoms with Crippen molar-refractivity contribution in [2.45, 2.75) is 38.6 Å². The Bertz CT molecular complexity index is 396. The molecule has 3 N–H and O–H groups in total. The van der Waals surface area contributed by atoms with Crippen molar-refractivity contribution in [3.8, 4) is 0 Å². The number of amides is 1. The van der Waals surface area contributed by atoms with Crippen LogP contribution in [0, 0.1) is 11.8 Å². The van der Waals surface area contributed by atoms with Gasteiger partial charge in [0.05, 0.1) is 0 Å². The molecule has 1 aliphatic rings. The summed E-state index contributed by atoms with van der Waals surface area (Å²) in [7, 11) is 0. The minimum absolute atomic E-state index is 0.118. The van der Waals surface area contributed by atoms with Crippen molar-refractivity contribution in [2.24, 2.45) is 17.6 Å². The Labute approximate surface area is 115 Å². The molecule has 104 valence electrons. The van der Waals surface area contributed by atoms with Gasteiger partial charge < -0.3 is 11.1 Å². The van der Waals surface area contributed by atoms with Crippen LogP contribution in [0.5, 0.6) is 0 Å². The van der Waals surface area contributed by atoms with Gasteiger partial charge in [0.25, 0.3) is 0 Å². The molecule has 1 aliphatic carbocycles. The molecule has 0 aliphatic heterocycles. The molecule has 1 amide bonds. The minimum atomic E-state index is -0.118. The predicted octanol–water partition coefficient (Wildman–Crippen LogP) is 2.63. The number of hydrogen-bond acceptors (Lipinski definition) is 2. The molecule has 3 nitrogen and oxygen atoms in total. The maximum atomic E-state index is 12.1. The van der Waals surface area contributed by atoms with E-state index in [0.717, 1.165) is 24.3 Å². The molecule has 1 unspecified atom stereocenters. The van der Waals surface area contributed by atoms with Crippen molar-refractivity contribution in [2.75, 3.05) is 6.54 Å². The van der Waals surface area contributed by atoms with E-state index in [1.165, 1.54) is 12.8 Å². The molecule has 1 atom stereocenters. The highest BCUT2D eigenvalue weighted by molar-refractivity contribution is 5.78. The van der Waals surface area contributed by atoms with Crippen molar-refractivity contribution in [1.29, 1.82) is 0 Å². The molecule has 2 rings (SSSR count). The van der Waals surface area contributed by atoms with Gasteiger partial charge in [-0.3, -0.25) is 4.79 Å². The van der Waals surface area contributed by atoms with Crippen LogP contribution in [0.2, 0.25) is 0 Å². The lowest BCUT2D eigenvalue weighted by molar-refractivity contribution is -0.126. The van der Waals surface area contributed by atoms with Gasteiger partial charge in [-0.25, -0.2) is 0 Å². The Morgan fingerprint density at radius 3 is 2.53 bits per heavy atom. The summed E-state index contributed by atoms with van der Waals surface area (Å²) in [5, 5.41) is 3.00. The zero-order valence-electron chi connectivity index (χ0n) is 11.6. The minimum Gasteiger partial charge on any atom is -0.354 e. The largest absolute Gasteiger partial charge is 0.354 e. The number of benzene rings is 1. The van der Waals surface area contributed by atoms with E-state index in [1.807, 2.05) is 30.3 Å². The molecule has 1 fully saturated rings. The fourth-order valence-electron chi connectivity index (χ4n) is 2.70. The first kappa shape index (κ1) is 14.1. The van der Waals surface area contributed by atoms with Crippen molar-refractivity contribution in [1.82, 2.24) is 5.32 Å². The van der Waals surface area contributed by atoms with Gasteiger partial charge in [0.1, 0.15) is 0 Å². The third-order valence-corrected chi connectivity index (χ3v) is 4.11. The second-order valence-corrected chi connectivity index (χ2v) is 5.72. The summed E-state index contributed by atoms with van der Waals surface area (Å²) >= 11 is 0. The average molecular weight is 260 g/mol. The summed E-state index contributed by atoms with van der Waals surface area (Å²) in [6.07, 6.45) is 4.38. The highest BCUT2D eigenvalue weighted by Gasteiger charge is 2.24. The van der Waals surface area contributed by atoms with Crippen LogP contribution in [0.1, 0.15) is 44.2 Å². The maximum absolute atomic E-state index is 12.1. The van der Waals surface area contributed by atoms with E-state index < -0.39 is 0 Å². The fraction of sp³-hybridized carbons (Fsp3) is 0.562. The molecule has 1 aromatic carbocycles. The molecular weight excluding hydrogens is 236 g/mol. The molecule has 0 aromatic heterocycles. The van der Waals surface area contributed by atoms with Gasteiger partial charge >= 0.3 is 0 Å². The number of nitrogens with two attached hydrogens (primary N) is 1. The maximum Gasteiger partial charge on any atom is 0.223 e. The van der Waals surface area contributed by atoms with Crippen molar-refractivity contribution < 1.29 is 4.79 Å². The Hall–Kier alpha value is -1.35. The van der Waals surface area contributed by atoms with E-state index in [9.17, 15) is 4.79 Å². The van der Waals surface area contributed by atoms with Gasteiger partial charge in [0, 0.05) is 18.5 Å². The number of carbonyl (C=O) groups is 1. The zero-order chi connectivity index (χ0) is 13.7. The van der Waals surface area contributed by atoms with Gasteiger partial charge in [-0.1, -0.05) is 37.3 Å².